The summed E-state index contributed by atoms with van der Waals surface area (Å²) in [4.78, 5) is 12.0. The predicted molar refractivity (Wildman–Crippen MR) is 70.8 cm³/mol. The van der Waals surface area contributed by atoms with Gasteiger partial charge in [-0.15, -0.1) is 0 Å². The van der Waals surface area contributed by atoms with E-state index in [-0.39, 0.29) is 5.69 Å². The zero-order chi connectivity index (χ0) is 12.7. The summed E-state index contributed by atoms with van der Waals surface area (Å²) >= 11 is 16.9. The van der Waals surface area contributed by atoms with Gasteiger partial charge in [0, 0.05) is 14.1 Å². The lowest BCUT2D eigenvalue weighted by molar-refractivity contribution is 0.573. The summed E-state index contributed by atoms with van der Waals surface area (Å²) in [5.74, 6) is 0. The highest BCUT2D eigenvalue weighted by Gasteiger charge is 2.10. The summed E-state index contributed by atoms with van der Waals surface area (Å²) in [6.45, 7) is 0. The van der Waals surface area contributed by atoms with Crippen LogP contribution in [0.2, 0.25) is 10.0 Å². The molecule has 90 valence electrons. The Balaban J connectivity index is 2.78. The molecule has 1 heterocycles. The van der Waals surface area contributed by atoms with Gasteiger partial charge in [0.2, 0.25) is 4.77 Å². The van der Waals surface area contributed by atoms with Crippen molar-refractivity contribution in [3.05, 3.63) is 43.5 Å². The van der Waals surface area contributed by atoms with Gasteiger partial charge in [-0.1, -0.05) is 23.2 Å². The highest BCUT2D eigenvalue weighted by molar-refractivity contribution is 7.71. The normalized spacial score (nSPS) is 10.8. The van der Waals surface area contributed by atoms with Crippen molar-refractivity contribution < 1.29 is 0 Å². The van der Waals surface area contributed by atoms with Crippen molar-refractivity contribution in [3.63, 3.8) is 0 Å². The van der Waals surface area contributed by atoms with Gasteiger partial charge in [0.15, 0.2) is 0 Å². The Kier molecular flexibility index (Phi) is 3.16. The second kappa shape index (κ2) is 4.33. The van der Waals surface area contributed by atoms with Crippen LogP contribution in [0, 0.1) is 4.77 Å². The van der Waals surface area contributed by atoms with Crippen LogP contribution in [0.15, 0.2) is 23.0 Å². The van der Waals surface area contributed by atoms with E-state index in [4.69, 9.17) is 35.4 Å². The average Bonchev–Trinajstić information content (AvgIpc) is 2.48. The van der Waals surface area contributed by atoms with E-state index in [0.717, 1.165) is 0 Å². The quantitative estimate of drug-likeness (QED) is 0.756. The molecule has 1 aromatic heterocycles. The molecule has 0 amide bonds. The molecule has 0 fully saturated rings. The van der Waals surface area contributed by atoms with Crippen LogP contribution >= 0.6 is 35.4 Å². The minimum atomic E-state index is -0.226. The lowest BCUT2D eigenvalue weighted by atomic mass is 10.3. The number of rotatable bonds is 1. The van der Waals surface area contributed by atoms with Crippen molar-refractivity contribution in [1.29, 1.82) is 0 Å². The van der Waals surface area contributed by atoms with Crippen LogP contribution < -0.4 is 5.69 Å². The van der Waals surface area contributed by atoms with E-state index >= 15 is 0 Å². The first-order chi connectivity index (χ1) is 7.93. The van der Waals surface area contributed by atoms with Crippen LogP contribution in [0.3, 0.4) is 0 Å². The molecule has 4 nitrogen and oxygen atoms in total. The number of aromatic nitrogens is 3. The molecular formula is C10H9Cl2N3OS. The van der Waals surface area contributed by atoms with Gasteiger partial charge in [-0.25, -0.2) is 14.0 Å². The third kappa shape index (κ3) is 1.94. The van der Waals surface area contributed by atoms with Crippen LogP contribution in [-0.4, -0.2) is 13.9 Å². The fourth-order valence-electron chi connectivity index (χ4n) is 1.47. The first-order valence-electron chi connectivity index (χ1n) is 4.74. The van der Waals surface area contributed by atoms with Gasteiger partial charge in [-0.3, -0.25) is 4.68 Å². The maximum atomic E-state index is 12.0. The molecule has 0 aliphatic rings. The Hall–Kier alpha value is -1.04. The number of halogens is 2. The first-order valence-corrected chi connectivity index (χ1v) is 5.90. The minimum absolute atomic E-state index is 0.226. The molecule has 0 aliphatic heterocycles. The van der Waals surface area contributed by atoms with Gasteiger partial charge >= 0.3 is 5.69 Å². The second-order valence-electron chi connectivity index (χ2n) is 3.55. The van der Waals surface area contributed by atoms with Crippen molar-refractivity contribution in [1.82, 2.24) is 13.9 Å². The molecule has 0 N–H and O–H groups in total. The van der Waals surface area contributed by atoms with E-state index in [0.29, 0.717) is 20.5 Å². The SMILES string of the molecule is Cn1c(=O)n(-c2ccc(Cl)c(Cl)c2)c(=S)n1C. The van der Waals surface area contributed by atoms with E-state index in [1.165, 1.54) is 9.25 Å². The van der Waals surface area contributed by atoms with Crippen LogP contribution in [0.5, 0.6) is 0 Å². The fourth-order valence-corrected chi connectivity index (χ4v) is 2.07. The predicted octanol–water partition coefficient (Wildman–Crippen LogP) is 2.55. The molecule has 17 heavy (non-hydrogen) atoms. The van der Waals surface area contributed by atoms with Gasteiger partial charge in [0.25, 0.3) is 0 Å². The lowest BCUT2D eigenvalue weighted by Crippen LogP contribution is -2.23. The summed E-state index contributed by atoms with van der Waals surface area (Å²) in [6.07, 6.45) is 0. The Morgan fingerprint density at radius 1 is 1.12 bits per heavy atom. The summed E-state index contributed by atoms with van der Waals surface area (Å²) < 4.78 is 4.80. The fraction of sp³-hybridized carbons (Fsp3) is 0.200. The molecule has 0 saturated heterocycles. The number of nitrogens with zero attached hydrogens (tertiary/aromatic N) is 3. The van der Waals surface area contributed by atoms with E-state index in [1.54, 1.807) is 37.0 Å². The van der Waals surface area contributed by atoms with Gasteiger partial charge in [0.1, 0.15) is 0 Å². The molecule has 2 rings (SSSR count). The smallest absolute Gasteiger partial charge is 0.259 e. The lowest BCUT2D eigenvalue weighted by Gasteiger charge is -2.02. The molecule has 0 radical (unpaired) electrons. The molecule has 2 aromatic rings. The number of hydrogen-bond donors (Lipinski definition) is 0. The minimum Gasteiger partial charge on any atom is -0.259 e. The molecular weight excluding hydrogens is 281 g/mol. The first kappa shape index (κ1) is 12.4. The largest absolute Gasteiger partial charge is 0.349 e. The van der Waals surface area contributed by atoms with Crippen molar-refractivity contribution in [2.45, 2.75) is 0 Å². The van der Waals surface area contributed by atoms with E-state index in [9.17, 15) is 4.79 Å². The Bertz CT molecular complexity index is 665. The zero-order valence-corrected chi connectivity index (χ0v) is 11.5. The average molecular weight is 290 g/mol. The standard InChI is InChI=1S/C10H9Cl2N3OS/c1-13-9(16)15(10(17)14(13)2)6-3-4-7(11)8(12)5-6/h3-5H,1-2H3. The summed E-state index contributed by atoms with van der Waals surface area (Å²) in [5.41, 5.74) is 0.376. The highest BCUT2D eigenvalue weighted by atomic mass is 35.5. The third-order valence-electron chi connectivity index (χ3n) is 2.55. The Morgan fingerprint density at radius 2 is 1.76 bits per heavy atom. The highest BCUT2D eigenvalue weighted by Crippen LogP contribution is 2.23. The number of hydrogen-bond acceptors (Lipinski definition) is 2. The van der Waals surface area contributed by atoms with Crippen molar-refractivity contribution >= 4 is 35.4 Å². The molecule has 0 atom stereocenters. The van der Waals surface area contributed by atoms with Crippen molar-refractivity contribution in [2.24, 2.45) is 14.1 Å². The van der Waals surface area contributed by atoms with Crippen LogP contribution in [0.1, 0.15) is 0 Å². The molecule has 0 unspecified atom stereocenters. The zero-order valence-electron chi connectivity index (χ0n) is 9.15. The molecule has 1 aromatic carbocycles. The van der Waals surface area contributed by atoms with Gasteiger partial charge < -0.3 is 0 Å². The van der Waals surface area contributed by atoms with Gasteiger partial charge in [-0.2, -0.15) is 0 Å². The molecule has 0 aliphatic carbocycles. The Labute approximate surface area is 113 Å². The topological polar surface area (TPSA) is 31.9 Å². The van der Waals surface area contributed by atoms with Gasteiger partial charge in [0.05, 0.1) is 15.7 Å². The Morgan fingerprint density at radius 3 is 2.24 bits per heavy atom. The number of benzene rings is 1. The van der Waals surface area contributed by atoms with Crippen molar-refractivity contribution in [3.8, 4) is 5.69 Å². The summed E-state index contributed by atoms with van der Waals surface area (Å²) in [6, 6.07) is 4.94. The monoisotopic (exact) mass is 289 g/mol. The maximum Gasteiger partial charge on any atom is 0.349 e. The molecule has 7 heteroatoms. The van der Waals surface area contributed by atoms with E-state index < -0.39 is 0 Å². The second-order valence-corrected chi connectivity index (χ2v) is 4.73. The molecule has 0 saturated carbocycles. The van der Waals surface area contributed by atoms with Gasteiger partial charge in [-0.05, 0) is 30.4 Å². The van der Waals surface area contributed by atoms with Crippen molar-refractivity contribution in [2.75, 3.05) is 0 Å². The molecule has 0 bridgehead atoms. The summed E-state index contributed by atoms with van der Waals surface area (Å²) in [5, 5.41) is 0.826. The summed E-state index contributed by atoms with van der Waals surface area (Å²) in [7, 11) is 3.36. The van der Waals surface area contributed by atoms with Crippen LogP contribution in [0.25, 0.3) is 5.69 Å². The third-order valence-corrected chi connectivity index (χ3v) is 3.73. The van der Waals surface area contributed by atoms with Crippen LogP contribution in [0.4, 0.5) is 0 Å². The van der Waals surface area contributed by atoms with E-state index in [2.05, 4.69) is 0 Å². The maximum absolute atomic E-state index is 12.0. The van der Waals surface area contributed by atoms with Crippen LogP contribution in [-0.2, 0) is 14.1 Å². The molecule has 0 spiro atoms. The van der Waals surface area contributed by atoms with E-state index in [1.807, 2.05) is 0 Å².